The van der Waals surface area contributed by atoms with Gasteiger partial charge in [0.1, 0.15) is 12.1 Å². The number of aryl methyl sites for hydroxylation is 1. The Bertz CT molecular complexity index is 794. The smallest absolute Gasteiger partial charge is 0.257 e. The molecule has 6 nitrogen and oxygen atoms in total. The molecule has 0 bridgehead atoms. The first-order valence-electron chi connectivity index (χ1n) is 7.86. The lowest BCUT2D eigenvalue weighted by atomic mass is 10.1. The number of aromatic nitrogens is 2. The molecule has 1 aromatic heterocycles. The van der Waals surface area contributed by atoms with E-state index in [2.05, 4.69) is 9.97 Å². The maximum Gasteiger partial charge on any atom is 0.257 e. The molecular formula is C17H18ClFN4O2. The van der Waals surface area contributed by atoms with Crippen molar-refractivity contribution in [2.45, 2.75) is 6.92 Å². The van der Waals surface area contributed by atoms with Crippen molar-refractivity contribution < 1.29 is 13.9 Å². The van der Waals surface area contributed by atoms with Gasteiger partial charge in [0.15, 0.2) is 11.6 Å². The fourth-order valence-electron chi connectivity index (χ4n) is 2.80. The van der Waals surface area contributed by atoms with Crippen molar-refractivity contribution in [2.24, 2.45) is 0 Å². The van der Waals surface area contributed by atoms with Crippen LogP contribution in [-0.2, 0) is 0 Å². The molecule has 1 amide bonds. The summed E-state index contributed by atoms with van der Waals surface area (Å²) in [5.41, 5.74) is 0.736. The lowest BCUT2D eigenvalue weighted by Gasteiger charge is -2.35. The van der Waals surface area contributed by atoms with Gasteiger partial charge in [-0.1, -0.05) is 11.6 Å². The van der Waals surface area contributed by atoms with Crippen molar-refractivity contribution in [3.8, 4) is 5.75 Å². The van der Waals surface area contributed by atoms with Crippen LogP contribution in [-0.4, -0.2) is 54.1 Å². The minimum atomic E-state index is -0.418. The van der Waals surface area contributed by atoms with E-state index in [0.717, 1.165) is 0 Å². The van der Waals surface area contributed by atoms with E-state index in [0.29, 0.717) is 48.2 Å². The number of hydrogen-bond acceptors (Lipinski definition) is 5. The predicted octanol–water partition coefficient (Wildman–Crippen LogP) is 2.55. The number of amides is 1. The second-order valence-corrected chi connectivity index (χ2v) is 6.16. The zero-order valence-electron chi connectivity index (χ0n) is 14.0. The molecule has 0 N–H and O–H groups in total. The molecule has 1 aliphatic heterocycles. The van der Waals surface area contributed by atoms with Crippen LogP contribution in [0.25, 0.3) is 0 Å². The Kier molecular flexibility index (Phi) is 5.03. The predicted molar refractivity (Wildman–Crippen MR) is 92.8 cm³/mol. The quantitative estimate of drug-likeness (QED) is 0.837. The van der Waals surface area contributed by atoms with Crippen molar-refractivity contribution in [2.75, 3.05) is 38.2 Å². The molecule has 132 valence electrons. The molecule has 0 atom stereocenters. The summed E-state index contributed by atoms with van der Waals surface area (Å²) in [4.78, 5) is 24.2. The summed E-state index contributed by atoms with van der Waals surface area (Å²) >= 11 is 6.00. The van der Waals surface area contributed by atoms with Crippen LogP contribution in [0.5, 0.6) is 5.75 Å². The molecule has 1 fully saturated rings. The second kappa shape index (κ2) is 7.23. The van der Waals surface area contributed by atoms with E-state index >= 15 is 0 Å². The summed E-state index contributed by atoms with van der Waals surface area (Å²) in [6.07, 6.45) is 1.35. The molecule has 1 aromatic carbocycles. The molecule has 0 spiro atoms. The van der Waals surface area contributed by atoms with Crippen molar-refractivity contribution in [1.82, 2.24) is 14.9 Å². The Hall–Kier alpha value is -2.41. The number of nitrogens with zero attached hydrogens (tertiary/aromatic N) is 4. The summed E-state index contributed by atoms with van der Waals surface area (Å²) in [5, 5.41) is 0.473. The van der Waals surface area contributed by atoms with E-state index in [1.807, 2.05) is 4.90 Å². The van der Waals surface area contributed by atoms with E-state index < -0.39 is 5.82 Å². The summed E-state index contributed by atoms with van der Waals surface area (Å²) in [6.45, 7) is 3.49. The number of carbonyl (C=O) groups is 1. The van der Waals surface area contributed by atoms with Gasteiger partial charge in [0.05, 0.1) is 18.4 Å². The van der Waals surface area contributed by atoms with Gasteiger partial charge in [0.25, 0.3) is 5.91 Å². The first-order valence-corrected chi connectivity index (χ1v) is 8.24. The molecule has 0 unspecified atom stereocenters. The Balaban J connectivity index is 1.73. The molecule has 1 aliphatic rings. The monoisotopic (exact) mass is 364 g/mol. The van der Waals surface area contributed by atoms with Crippen molar-refractivity contribution in [1.29, 1.82) is 0 Å². The van der Waals surface area contributed by atoms with Crippen LogP contribution in [0, 0.1) is 12.7 Å². The molecule has 0 saturated carbocycles. The molecule has 2 heterocycles. The van der Waals surface area contributed by atoms with E-state index in [1.165, 1.54) is 13.4 Å². The minimum absolute atomic E-state index is 0.154. The Morgan fingerprint density at radius 1 is 1.24 bits per heavy atom. The zero-order valence-corrected chi connectivity index (χ0v) is 14.8. The molecule has 3 rings (SSSR count). The fourth-order valence-corrected chi connectivity index (χ4v) is 2.98. The average molecular weight is 365 g/mol. The van der Waals surface area contributed by atoms with Gasteiger partial charge >= 0.3 is 0 Å². The van der Waals surface area contributed by atoms with Gasteiger partial charge in [-0.25, -0.2) is 14.4 Å². The van der Waals surface area contributed by atoms with E-state index in [1.54, 1.807) is 30.0 Å². The summed E-state index contributed by atoms with van der Waals surface area (Å²) in [7, 11) is 1.51. The SMILES string of the molecule is COc1ccc(Cl)cc1C(=O)N1CCN(c2ncnc(C)c2F)CC1. The highest BCUT2D eigenvalue weighted by molar-refractivity contribution is 6.31. The molecular weight excluding hydrogens is 347 g/mol. The third kappa shape index (κ3) is 3.51. The van der Waals surface area contributed by atoms with Crippen LogP contribution in [0.15, 0.2) is 24.5 Å². The zero-order chi connectivity index (χ0) is 18.0. The first-order chi connectivity index (χ1) is 12.0. The van der Waals surface area contributed by atoms with E-state index in [9.17, 15) is 9.18 Å². The van der Waals surface area contributed by atoms with Crippen molar-refractivity contribution >= 4 is 23.3 Å². The minimum Gasteiger partial charge on any atom is -0.496 e. The number of rotatable bonds is 3. The summed E-state index contributed by atoms with van der Waals surface area (Å²) in [5.74, 6) is 0.186. The topological polar surface area (TPSA) is 58.6 Å². The highest BCUT2D eigenvalue weighted by Crippen LogP contribution is 2.25. The van der Waals surface area contributed by atoms with Gasteiger partial charge in [-0.05, 0) is 25.1 Å². The molecule has 8 heteroatoms. The lowest BCUT2D eigenvalue weighted by molar-refractivity contribution is 0.0743. The van der Waals surface area contributed by atoms with Gasteiger partial charge in [-0.2, -0.15) is 0 Å². The number of hydrogen-bond donors (Lipinski definition) is 0. The number of halogens is 2. The average Bonchev–Trinajstić information content (AvgIpc) is 2.63. The third-order valence-electron chi connectivity index (χ3n) is 4.20. The lowest BCUT2D eigenvalue weighted by Crippen LogP contribution is -2.49. The highest BCUT2D eigenvalue weighted by Gasteiger charge is 2.26. The van der Waals surface area contributed by atoms with E-state index in [-0.39, 0.29) is 11.7 Å². The van der Waals surface area contributed by atoms with Crippen LogP contribution in [0.1, 0.15) is 16.1 Å². The number of benzene rings is 1. The maximum atomic E-state index is 14.2. The fraction of sp³-hybridized carbons (Fsp3) is 0.353. The normalized spacial score (nSPS) is 14.6. The number of carbonyl (C=O) groups excluding carboxylic acids is 1. The summed E-state index contributed by atoms with van der Waals surface area (Å²) < 4.78 is 19.4. The Morgan fingerprint density at radius 3 is 2.64 bits per heavy atom. The van der Waals surface area contributed by atoms with Crippen molar-refractivity contribution in [3.63, 3.8) is 0 Å². The number of methoxy groups -OCH3 is 1. The second-order valence-electron chi connectivity index (χ2n) is 5.72. The largest absolute Gasteiger partial charge is 0.496 e. The standard InChI is InChI=1S/C17H18ClFN4O2/c1-11-15(19)16(21-10-20-11)22-5-7-23(8-6-22)17(24)13-9-12(18)3-4-14(13)25-2/h3-4,9-10H,5-8H2,1-2H3. The van der Waals surface area contributed by atoms with Gasteiger partial charge in [-0.3, -0.25) is 4.79 Å². The van der Waals surface area contributed by atoms with Crippen LogP contribution >= 0.6 is 11.6 Å². The number of ether oxygens (including phenoxy) is 1. The van der Waals surface area contributed by atoms with Gasteiger partial charge in [0.2, 0.25) is 0 Å². The highest BCUT2D eigenvalue weighted by atomic mass is 35.5. The van der Waals surface area contributed by atoms with Crippen LogP contribution in [0.2, 0.25) is 5.02 Å². The van der Waals surface area contributed by atoms with Crippen LogP contribution in [0.4, 0.5) is 10.2 Å². The van der Waals surface area contributed by atoms with Crippen LogP contribution < -0.4 is 9.64 Å². The summed E-state index contributed by atoms with van der Waals surface area (Å²) in [6, 6.07) is 4.95. The number of piperazine rings is 1. The van der Waals surface area contributed by atoms with E-state index in [4.69, 9.17) is 16.3 Å². The number of anilines is 1. The maximum absolute atomic E-state index is 14.2. The van der Waals surface area contributed by atoms with Gasteiger partial charge < -0.3 is 14.5 Å². The van der Waals surface area contributed by atoms with Gasteiger partial charge in [-0.15, -0.1) is 0 Å². The molecule has 0 aliphatic carbocycles. The molecule has 25 heavy (non-hydrogen) atoms. The van der Waals surface area contributed by atoms with Crippen molar-refractivity contribution in [3.05, 3.63) is 46.6 Å². The Morgan fingerprint density at radius 2 is 1.96 bits per heavy atom. The molecule has 2 aromatic rings. The first kappa shape index (κ1) is 17.4. The molecule has 1 saturated heterocycles. The van der Waals surface area contributed by atoms with Crippen LogP contribution in [0.3, 0.4) is 0 Å². The van der Waals surface area contributed by atoms with Gasteiger partial charge in [0, 0.05) is 31.2 Å². The Labute approximate surface area is 150 Å². The molecule has 0 radical (unpaired) electrons. The third-order valence-corrected chi connectivity index (χ3v) is 4.44.